The molecular formula is C27H32N6O. The first-order valence-corrected chi connectivity index (χ1v) is 12.0. The zero-order valence-electron chi connectivity index (χ0n) is 20.1. The molecule has 0 bridgehead atoms. The van der Waals surface area contributed by atoms with Crippen molar-refractivity contribution in [2.45, 2.75) is 52.4 Å². The molecule has 0 saturated heterocycles. The lowest BCUT2D eigenvalue weighted by atomic mass is 10.0. The Kier molecular flexibility index (Phi) is 7.21. The Labute approximate surface area is 200 Å². The molecule has 0 aliphatic carbocycles. The number of benzene rings is 2. The van der Waals surface area contributed by atoms with Gasteiger partial charge in [-0.3, -0.25) is 4.79 Å². The summed E-state index contributed by atoms with van der Waals surface area (Å²) >= 11 is 0. The molecule has 0 radical (unpaired) electrons. The van der Waals surface area contributed by atoms with Gasteiger partial charge in [0, 0.05) is 6.54 Å². The maximum Gasteiger partial charge on any atom is 0.257 e. The number of aromatic nitrogens is 3. The number of fused-ring (bicyclic) bond motifs is 2. The van der Waals surface area contributed by atoms with Crippen LogP contribution in [0.5, 0.6) is 0 Å². The van der Waals surface area contributed by atoms with Crippen LogP contribution in [0.15, 0.2) is 53.6 Å². The molecule has 176 valence electrons. The van der Waals surface area contributed by atoms with Crippen LogP contribution in [0.1, 0.15) is 73.9 Å². The number of nitrogens with one attached hydrogen (secondary N) is 1. The number of nitrogens with two attached hydrogens (primary N) is 1. The van der Waals surface area contributed by atoms with Crippen molar-refractivity contribution in [1.29, 1.82) is 0 Å². The SMILES string of the molecule is CCCCCCNC(=O)c1c(N)n(N=Cc2ccc(C(C)C)cc2)c2nc3ccccc3nc12. The highest BCUT2D eigenvalue weighted by Crippen LogP contribution is 2.28. The standard InChI is InChI=1S/C27H32N6O/c1-4-5-6-9-16-29-27(34)23-24-26(32-22-11-8-7-10-21(22)31-24)33(25(23)28)30-17-19-12-14-20(15-13-19)18(2)3/h7-8,10-15,17-18H,4-6,9,16,28H2,1-3H3,(H,29,34). The van der Waals surface area contributed by atoms with E-state index in [0.29, 0.717) is 34.7 Å². The average molecular weight is 457 g/mol. The number of carbonyl (C=O) groups excluding carboxylic acids is 1. The first kappa shape index (κ1) is 23.4. The number of hydrogen-bond donors (Lipinski definition) is 2. The van der Waals surface area contributed by atoms with E-state index in [4.69, 9.17) is 15.7 Å². The van der Waals surface area contributed by atoms with E-state index in [0.717, 1.165) is 36.8 Å². The van der Waals surface area contributed by atoms with Crippen LogP contribution in [-0.4, -0.2) is 33.3 Å². The van der Waals surface area contributed by atoms with Crippen molar-refractivity contribution in [3.63, 3.8) is 0 Å². The predicted molar refractivity (Wildman–Crippen MR) is 139 cm³/mol. The van der Waals surface area contributed by atoms with E-state index in [9.17, 15) is 4.79 Å². The Hall–Kier alpha value is -3.74. The summed E-state index contributed by atoms with van der Waals surface area (Å²) in [5.74, 6) is 0.437. The first-order chi connectivity index (χ1) is 16.5. The molecule has 4 rings (SSSR count). The largest absolute Gasteiger partial charge is 0.383 e. The molecule has 0 spiro atoms. The lowest BCUT2D eigenvalue weighted by molar-refractivity contribution is 0.0955. The molecule has 0 unspecified atom stereocenters. The van der Waals surface area contributed by atoms with Crippen LogP contribution < -0.4 is 11.1 Å². The summed E-state index contributed by atoms with van der Waals surface area (Å²) in [5, 5.41) is 7.58. The lowest BCUT2D eigenvalue weighted by Gasteiger charge is -2.05. The molecule has 0 atom stereocenters. The molecule has 0 saturated carbocycles. The Morgan fingerprint density at radius 2 is 1.76 bits per heavy atom. The van der Waals surface area contributed by atoms with Gasteiger partial charge in [-0.2, -0.15) is 9.78 Å². The third-order valence-electron chi connectivity index (χ3n) is 5.94. The number of amides is 1. The number of nitrogens with zero attached hydrogens (tertiary/aromatic N) is 4. The van der Waals surface area contributed by atoms with Gasteiger partial charge in [0.1, 0.15) is 16.9 Å². The van der Waals surface area contributed by atoms with Crippen LogP contribution in [-0.2, 0) is 0 Å². The Bertz CT molecular complexity index is 1320. The molecule has 2 heterocycles. The van der Waals surface area contributed by atoms with Gasteiger partial charge in [-0.1, -0.05) is 76.4 Å². The van der Waals surface area contributed by atoms with Gasteiger partial charge in [0.2, 0.25) is 0 Å². The van der Waals surface area contributed by atoms with Gasteiger partial charge >= 0.3 is 0 Å². The molecule has 4 aromatic rings. The smallest absolute Gasteiger partial charge is 0.257 e. The van der Waals surface area contributed by atoms with Crippen LogP contribution in [0.4, 0.5) is 5.82 Å². The zero-order chi connectivity index (χ0) is 24.1. The minimum absolute atomic E-state index is 0.228. The van der Waals surface area contributed by atoms with Crippen LogP contribution in [0.25, 0.3) is 22.2 Å². The molecule has 2 aromatic heterocycles. The van der Waals surface area contributed by atoms with Gasteiger partial charge in [0.15, 0.2) is 5.65 Å². The summed E-state index contributed by atoms with van der Waals surface area (Å²) in [5.41, 5.74) is 11.3. The highest BCUT2D eigenvalue weighted by molar-refractivity contribution is 6.10. The second kappa shape index (κ2) is 10.5. The van der Waals surface area contributed by atoms with Crippen LogP contribution >= 0.6 is 0 Å². The number of unbranched alkanes of at least 4 members (excludes halogenated alkanes) is 3. The molecule has 7 heteroatoms. The van der Waals surface area contributed by atoms with E-state index < -0.39 is 0 Å². The Balaban J connectivity index is 1.72. The monoisotopic (exact) mass is 456 g/mol. The average Bonchev–Trinajstić information content (AvgIpc) is 3.11. The summed E-state index contributed by atoms with van der Waals surface area (Å²) in [7, 11) is 0. The van der Waals surface area contributed by atoms with E-state index in [2.05, 4.69) is 43.3 Å². The van der Waals surface area contributed by atoms with E-state index in [-0.39, 0.29) is 11.7 Å². The van der Waals surface area contributed by atoms with E-state index in [1.807, 2.05) is 36.4 Å². The summed E-state index contributed by atoms with van der Waals surface area (Å²) in [6.45, 7) is 7.08. The second-order valence-electron chi connectivity index (χ2n) is 8.84. The van der Waals surface area contributed by atoms with Gasteiger partial charge in [0.25, 0.3) is 5.91 Å². The maximum atomic E-state index is 13.1. The van der Waals surface area contributed by atoms with Crippen LogP contribution in [0.3, 0.4) is 0 Å². The van der Waals surface area contributed by atoms with Crippen molar-refractivity contribution in [3.05, 3.63) is 65.2 Å². The van der Waals surface area contributed by atoms with Crippen molar-refractivity contribution in [1.82, 2.24) is 20.0 Å². The number of nitrogen functional groups attached to an aromatic ring is 1. The topological polar surface area (TPSA) is 98.2 Å². The molecule has 34 heavy (non-hydrogen) atoms. The quantitative estimate of drug-likeness (QED) is 0.257. The van der Waals surface area contributed by atoms with Gasteiger partial charge in [0.05, 0.1) is 17.2 Å². The third kappa shape index (κ3) is 4.93. The predicted octanol–water partition coefficient (Wildman–Crippen LogP) is 5.48. The minimum Gasteiger partial charge on any atom is -0.383 e. The fraction of sp³-hybridized carbons (Fsp3) is 0.333. The number of para-hydroxylation sites is 2. The molecule has 3 N–H and O–H groups in total. The van der Waals surface area contributed by atoms with Gasteiger partial charge in [-0.25, -0.2) is 9.97 Å². The summed E-state index contributed by atoms with van der Waals surface area (Å²) in [4.78, 5) is 22.6. The number of carbonyl (C=O) groups is 1. The fourth-order valence-corrected chi connectivity index (χ4v) is 3.92. The van der Waals surface area contributed by atoms with Crippen molar-refractivity contribution >= 4 is 40.1 Å². The molecule has 2 aromatic carbocycles. The van der Waals surface area contributed by atoms with Gasteiger partial charge in [-0.15, -0.1) is 0 Å². The van der Waals surface area contributed by atoms with Gasteiger partial charge < -0.3 is 11.1 Å². The number of anilines is 1. The normalized spacial score (nSPS) is 11.8. The fourth-order valence-electron chi connectivity index (χ4n) is 3.92. The highest BCUT2D eigenvalue weighted by atomic mass is 16.1. The Morgan fingerprint density at radius 1 is 1.06 bits per heavy atom. The van der Waals surface area contributed by atoms with Crippen molar-refractivity contribution in [2.75, 3.05) is 12.3 Å². The summed E-state index contributed by atoms with van der Waals surface area (Å²) in [6.07, 6.45) is 6.04. The van der Waals surface area contributed by atoms with E-state index in [1.165, 1.54) is 10.2 Å². The van der Waals surface area contributed by atoms with Gasteiger partial charge in [-0.05, 0) is 35.6 Å². The summed E-state index contributed by atoms with van der Waals surface area (Å²) in [6, 6.07) is 15.8. The number of hydrogen-bond acceptors (Lipinski definition) is 5. The van der Waals surface area contributed by atoms with Crippen molar-refractivity contribution in [3.8, 4) is 0 Å². The minimum atomic E-state index is -0.251. The lowest BCUT2D eigenvalue weighted by Crippen LogP contribution is -2.25. The summed E-state index contributed by atoms with van der Waals surface area (Å²) < 4.78 is 1.51. The van der Waals surface area contributed by atoms with E-state index in [1.54, 1.807) is 6.21 Å². The van der Waals surface area contributed by atoms with Crippen LogP contribution in [0, 0.1) is 0 Å². The molecule has 7 nitrogen and oxygen atoms in total. The van der Waals surface area contributed by atoms with Crippen LogP contribution in [0.2, 0.25) is 0 Å². The molecule has 0 fully saturated rings. The van der Waals surface area contributed by atoms with Crippen molar-refractivity contribution in [2.24, 2.45) is 5.10 Å². The molecule has 0 aliphatic rings. The highest BCUT2D eigenvalue weighted by Gasteiger charge is 2.23. The third-order valence-corrected chi connectivity index (χ3v) is 5.94. The zero-order valence-corrected chi connectivity index (χ0v) is 20.1. The molecule has 0 aliphatic heterocycles. The Morgan fingerprint density at radius 3 is 2.44 bits per heavy atom. The first-order valence-electron chi connectivity index (χ1n) is 12.0. The van der Waals surface area contributed by atoms with E-state index >= 15 is 0 Å². The molecule has 1 amide bonds. The van der Waals surface area contributed by atoms with Crippen molar-refractivity contribution < 1.29 is 4.79 Å². The molecular weight excluding hydrogens is 424 g/mol. The number of rotatable bonds is 9. The maximum absolute atomic E-state index is 13.1. The second-order valence-corrected chi connectivity index (χ2v) is 8.84.